The highest BCUT2D eigenvalue weighted by molar-refractivity contribution is 7.21. The maximum absolute atomic E-state index is 12.5. The average Bonchev–Trinajstić information content (AvgIpc) is 3.24. The summed E-state index contributed by atoms with van der Waals surface area (Å²) >= 11 is 1.59. The second-order valence-corrected chi connectivity index (χ2v) is 7.82. The van der Waals surface area contributed by atoms with Crippen molar-refractivity contribution < 1.29 is 4.79 Å². The summed E-state index contributed by atoms with van der Waals surface area (Å²) in [6.45, 7) is 5.75. The van der Waals surface area contributed by atoms with E-state index in [4.69, 9.17) is 0 Å². The number of hydrogen-bond donors (Lipinski definition) is 1. The minimum absolute atomic E-state index is 0.00775. The summed E-state index contributed by atoms with van der Waals surface area (Å²) in [7, 11) is 1.70. The molecular formula is C20H22N4OS. The normalized spacial score (nSPS) is 17.0. The van der Waals surface area contributed by atoms with Crippen molar-refractivity contribution in [2.75, 3.05) is 25.0 Å². The predicted octanol–water partition coefficient (Wildman–Crippen LogP) is 3.66. The maximum Gasteiger partial charge on any atom is 0.261 e. The van der Waals surface area contributed by atoms with Gasteiger partial charge in [-0.2, -0.15) is 0 Å². The molecular weight excluding hydrogens is 344 g/mol. The van der Waals surface area contributed by atoms with Gasteiger partial charge in [0.05, 0.1) is 4.88 Å². The molecule has 1 aromatic carbocycles. The van der Waals surface area contributed by atoms with Gasteiger partial charge in [-0.3, -0.25) is 4.79 Å². The molecule has 3 heterocycles. The van der Waals surface area contributed by atoms with Crippen molar-refractivity contribution in [3.63, 3.8) is 0 Å². The van der Waals surface area contributed by atoms with Crippen LogP contribution in [0.4, 0.5) is 5.82 Å². The smallest absolute Gasteiger partial charge is 0.261 e. The summed E-state index contributed by atoms with van der Waals surface area (Å²) in [5, 5.41) is 4.01. The average molecular weight is 366 g/mol. The number of anilines is 1. The Morgan fingerprint density at radius 3 is 2.85 bits per heavy atom. The van der Waals surface area contributed by atoms with E-state index in [1.807, 2.05) is 26.0 Å². The number of nitrogens with one attached hydrogen (secondary N) is 1. The SMILES string of the molecule is CNC(=O)c1sc2ccccc2c1[C@H]1CCN(c2cc(C)nc(C)n2)C1. The van der Waals surface area contributed by atoms with Crippen LogP contribution in [0.5, 0.6) is 0 Å². The summed E-state index contributed by atoms with van der Waals surface area (Å²) in [4.78, 5) is 24.6. The van der Waals surface area contributed by atoms with Crippen molar-refractivity contribution in [3.05, 3.63) is 52.3 Å². The molecule has 1 amide bonds. The standard InChI is InChI=1S/C20H22N4OS/c1-12-10-17(23-13(2)22-12)24-9-8-14(11-24)18-15-6-4-5-7-16(15)26-19(18)20(25)21-3/h4-7,10,14H,8-9,11H2,1-3H3,(H,21,25)/t14-/m0/s1. The van der Waals surface area contributed by atoms with Crippen LogP contribution < -0.4 is 10.2 Å². The topological polar surface area (TPSA) is 58.1 Å². The Balaban J connectivity index is 1.71. The van der Waals surface area contributed by atoms with Crippen LogP contribution in [0.3, 0.4) is 0 Å². The van der Waals surface area contributed by atoms with E-state index >= 15 is 0 Å². The van der Waals surface area contributed by atoms with Crippen molar-refractivity contribution in [1.82, 2.24) is 15.3 Å². The lowest BCUT2D eigenvalue weighted by atomic mass is 9.95. The van der Waals surface area contributed by atoms with Crippen molar-refractivity contribution in [3.8, 4) is 0 Å². The Morgan fingerprint density at radius 2 is 2.08 bits per heavy atom. The Kier molecular flexibility index (Phi) is 4.36. The lowest BCUT2D eigenvalue weighted by molar-refractivity contribution is 0.0966. The van der Waals surface area contributed by atoms with Crippen molar-refractivity contribution in [2.24, 2.45) is 0 Å². The van der Waals surface area contributed by atoms with Crippen LogP contribution in [0.2, 0.25) is 0 Å². The minimum atomic E-state index is 0.00775. The summed E-state index contributed by atoms with van der Waals surface area (Å²) in [5.74, 6) is 2.12. The van der Waals surface area contributed by atoms with Crippen molar-refractivity contribution in [1.29, 1.82) is 0 Å². The zero-order valence-corrected chi connectivity index (χ0v) is 16.1. The first-order valence-electron chi connectivity index (χ1n) is 8.87. The quantitative estimate of drug-likeness (QED) is 0.768. The third-order valence-corrected chi connectivity index (χ3v) is 6.13. The zero-order valence-electron chi connectivity index (χ0n) is 15.2. The van der Waals surface area contributed by atoms with E-state index < -0.39 is 0 Å². The number of benzene rings is 1. The fourth-order valence-electron chi connectivity index (χ4n) is 3.82. The minimum Gasteiger partial charge on any atom is -0.356 e. The van der Waals surface area contributed by atoms with E-state index in [-0.39, 0.29) is 5.91 Å². The highest BCUT2D eigenvalue weighted by Gasteiger charge is 2.31. The Labute approximate surface area is 157 Å². The van der Waals surface area contributed by atoms with Crippen LogP contribution in [0, 0.1) is 13.8 Å². The molecule has 5 nitrogen and oxygen atoms in total. The molecule has 1 N–H and O–H groups in total. The highest BCUT2D eigenvalue weighted by Crippen LogP contribution is 2.40. The van der Waals surface area contributed by atoms with E-state index in [0.29, 0.717) is 5.92 Å². The number of carbonyl (C=O) groups is 1. The van der Waals surface area contributed by atoms with Gasteiger partial charge >= 0.3 is 0 Å². The van der Waals surface area contributed by atoms with Gasteiger partial charge in [0.2, 0.25) is 0 Å². The van der Waals surface area contributed by atoms with Gasteiger partial charge < -0.3 is 10.2 Å². The number of aromatic nitrogens is 2. The highest BCUT2D eigenvalue weighted by atomic mass is 32.1. The first kappa shape index (κ1) is 17.0. The number of thiophene rings is 1. The molecule has 0 bridgehead atoms. The van der Waals surface area contributed by atoms with Gasteiger partial charge in [-0.1, -0.05) is 18.2 Å². The Hall–Kier alpha value is -2.47. The van der Waals surface area contributed by atoms with E-state index in [1.165, 1.54) is 15.6 Å². The molecule has 6 heteroatoms. The third kappa shape index (κ3) is 2.94. The lowest BCUT2D eigenvalue weighted by Gasteiger charge is -2.18. The van der Waals surface area contributed by atoms with Gasteiger partial charge in [-0.25, -0.2) is 9.97 Å². The number of amides is 1. The largest absolute Gasteiger partial charge is 0.356 e. The van der Waals surface area contributed by atoms with Gasteiger partial charge in [0.15, 0.2) is 0 Å². The molecule has 26 heavy (non-hydrogen) atoms. The van der Waals surface area contributed by atoms with E-state index in [9.17, 15) is 4.79 Å². The maximum atomic E-state index is 12.5. The predicted molar refractivity (Wildman–Crippen MR) is 106 cm³/mol. The molecule has 1 aliphatic rings. The fourth-order valence-corrected chi connectivity index (χ4v) is 5.05. The molecule has 1 aliphatic heterocycles. The van der Waals surface area contributed by atoms with Gasteiger partial charge in [0.1, 0.15) is 11.6 Å². The molecule has 1 saturated heterocycles. The molecule has 0 saturated carbocycles. The number of rotatable bonds is 3. The van der Waals surface area contributed by atoms with Crippen LogP contribution in [0.15, 0.2) is 30.3 Å². The fraction of sp³-hybridized carbons (Fsp3) is 0.350. The molecule has 3 aromatic rings. The monoisotopic (exact) mass is 366 g/mol. The van der Waals surface area contributed by atoms with Crippen LogP contribution in [-0.2, 0) is 0 Å². The van der Waals surface area contributed by atoms with Gasteiger partial charge in [-0.05, 0) is 37.3 Å². The van der Waals surface area contributed by atoms with Gasteiger partial charge in [0, 0.05) is 42.5 Å². The number of carbonyl (C=O) groups excluding carboxylic acids is 1. The first-order valence-corrected chi connectivity index (χ1v) is 9.69. The molecule has 4 rings (SSSR count). The summed E-state index contributed by atoms with van der Waals surface area (Å²) in [6.07, 6.45) is 1.02. The van der Waals surface area contributed by atoms with Gasteiger partial charge in [-0.15, -0.1) is 11.3 Å². The molecule has 0 unspecified atom stereocenters. The van der Waals surface area contributed by atoms with Crippen LogP contribution in [0.1, 0.15) is 39.1 Å². The summed E-state index contributed by atoms with van der Waals surface area (Å²) in [5.41, 5.74) is 2.18. The second-order valence-electron chi connectivity index (χ2n) is 6.77. The van der Waals surface area contributed by atoms with Crippen molar-refractivity contribution >= 4 is 33.1 Å². The number of hydrogen-bond acceptors (Lipinski definition) is 5. The Bertz CT molecular complexity index is 961. The number of nitrogens with zero attached hydrogens (tertiary/aromatic N) is 3. The van der Waals surface area contributed by atoms with E-state index in [1.54, 1.807) is 18.4 Å². The number of fused-ring (bicyclic) bond motifs is 1. The lowest BCUT2D eigenvalue weighted by Crippen LogP contribution is -2.22. The van der Waals surface area contributed by atoms with E-state index in [0.717, 1.165) is 41.7 Å². The summed E-state index contributed by atoms with van der Waals surface area (Å²) in [6, 6.07) is 10.4. The third-order valence-electron chi connectivity index (χ3n) is 4.94. The van der Waals surface area contributed by atoms with Crippen LogP contribution in [-0.4, -0.2) is 36.0 Å². The molecule has 0 radical (unpaired) electrons. The van der Waals surface area contributed by atoms with E-state index in [2.05, 4.69) is 38.4 Å². The molecule has 2 aromatic heterocycles. The second kappa shape index (κ2) is 6.68. The van der Waals surface area contributed by atoms with Crippen molar-refractivity contribution in [2.45, 2.75) is 26.2 Å². The Morgan fingerprint density at radius 1 is 1.27 bits per heavy atom. The summed E-state index contributed by atoms with van der Waals surface area (Å²) < 4.78 is 1.17. The van der Waals surface area contributed by atoms with Gasteiger partial charge in [0.25, 0.3) is 5.91 Å². The zero-order chi connectivity index (χ0) is 18.3. The number of aryl methyl sites for hydroxylation is 2. The molecule has 0 spiro atoms. The first-order chi connectivity index (χ1) is 12.6. The van der Waals surface area contributed by atoms with Crippen LogP contribution in [0.25, 0.3) is 10.1 Å². The van der Waals surface area contributed by atoms with Crippen LogP contribution >= 0.6 is 11.3 Å². The molecule has 1 fully saturated rings. The molecule has 0 aliphatic carbocycles. The molecule has 1 atom stereocenters. The molecule has 134 valence electrons.